The van der Waals surface area contributed by atoms with Gasteiger partial charge in [-0.1, -0.05) is 11.6 Å². The minimum Gasteiger partial charge on any atom is -0.349 e. The summed E-state index contributed by atoms with van der Waals surface area (Å²) in [5.74, 6) is -1.37. The van der Waals surface area contributed by atoms with E-state index in [0.29, 0.717) is 21.3 Å². The largest absolute Gasteiger partial charge is 0.349 e. The molecule has 1 aliphatic heterocycles. The second kappa shape index (κ2) is 7.71. The Morgan fingerprint density at radius 1 is 1.17 bits per heavy atom. The Labute approximate surface area is 184 Å². The van der Waals surface area contributed by atoms with Crippen LogP contribution in [-0.2, 0) is 22.4 Å². The van der Waals surface area contributed by atoms with E-state index in [-0.39, 0.29) is 5.91 Å². The van der Waals surface area contributed by atoms with Gasteiger partial charge in [0.1, 0.15) is 5.00 Å². The zero-order valence-corrected chi connectivity index (χ0v) is 18.7. The van der Waals surface area contributed by atoms with Crippen LogP contribution in [0.5, 0.6) is 0 Å². The van der Waals surface area contributed by atoms with E-state index in [1.165, 1.54) is 16.2 Å². The molecule has 8 heteroatoms. The van der Waals surface area contributed by atoms with E-state index in [9.17, 15) is 14.4 Å². The normalized spacial score (nSPS) is 18.9. The highest BCUT2D eigenvalue weighted by molar-refractivity contribution is 7.17. The second-order valence-electron chi connectivity index (χ2n) is 8.70. The van der Waals surface area contributed by atoms with Crippen LogP contribution in [-0.4, -0.2) is 29.3 Å². The molecule has 1 aromatic heterocycles. The molecule has 0 bridgehead atoms. The number of hydrogen-bond donors (Lipinski definition) is 2. The molecule has 1 atom stereocenters. The molecule has 2 N–H and O–H groups in total. The molecule has 4 rings (SSSR count). The zero-order valence-electron chi connectivity index (χ0n) is 17.2. The summed E-state index contributed by atoms with van der Waals surface area (Å²) in [5.41, 5.74) is 1.42. The van der Waals surface area contributed by atoms with Gasteiger partial charge in [-0.2, -0.15) is 0 Å². The molecular weight excluding hydrogens is 422 g/mol. The molecule has 0 saturated carbocycles. The first-order valence-electron chi connectivity index (χ1n) is 10.0. The molecule has 158 valence electrons. The first-order valence-corrected chi connectivity index (χ1v) is 11.2. The third kappa shape index (κ3) is 3.84. The van der Waals surface area contributed by atoms with E-state index < -0.39 is 23.4 Å². The number of aryl methyl sites for hydroxylation is 1. The number of thiophene rings is 1. The molecule has 1 unspecified atom stereocenters. The van der Waals surface area contributed by atoms with Gasteiger partial charge in [-0.25, -0.2) is 0 Å². The SMILES string of the molecule is CC(C)(C)NC(=O)C1C(=O)Nc2sc3c(c2C(=O)N1c1ccc(Cl)cc1)CCCC3. The lowest BCUT2D eigenvalue weighted by Crippen LogP contribution is -2.57. The van der Waals surface area contributed by atoms with E-state index in [4.69, 9.17) is 11.6 Å². The molecule has 2 aromatic rings. The van der Waals surface area contributed by atoms with E-state index in [1.54, 1.807) is 24.3 Å². The van der Waals surface area contributed by atoms with Crippen molar-refractivity contribution in [2.75, 3.05) is 10.2 Å². The maximum absolute atomic E-state index is 13.8. The number of halogens is 1. The van der Waals surface area contributed by atoms with E-state index in [2.05, 4.69) is 10.6 Å². The summed E-state index contributed by atoms with van der Waals surface area (Å²) in [5, 5.41) is 6.76. The molecular formula is C22H24ClN3O3S. The quantitative estimate of drug-likeness (QED) is 0.681. The first-order chi connectivity index (χ1) is 14.2. The molecule has 0 spiro atoms. The van der Waals surface area contributed by atoms with Crippen LogP contribution in [0.4, 0.5) is 10.7 Å². The Hall–Kier alpha value is -2.38. The molecule has 6 nitrogen and oxygen atoms in total. The van der Waals surface area contributed by atoms with Crippen molar-refractivity contribution >= 4 is 51.3 Å². The van der Waals surface area contributed by atoms with Gasteiger partial charge in [0.25, 0.3) is 17.7 Å². The van der Waals surface area contributed by atoms with Gasteiger partial charge in [0.15, 0.2) is 6.04 Å². The summed E-state index contributed by atoms with van der Waals surface area (Å²) in [6.07, 6.45) is 3.79. The summed E-state index contributed by atoms with van der Waals surface area (Å²) in [6.45, 7) is 5.50. The van der Waals surface area contributed by atoms with Crippen molar-refractivity contribution in [3.05, 3.63) is 45.3 Å². The number of fused-ring (bicyclic) bond motifs is 3. The van der Waals surface area contributed by atoms with Crippen molar-refractivity contribution in [1.82, 2.24) is 5.32 Å². The number of amides is 3. The monoisotopic (exact) mass is 445 g/mol. The average molecular weight is 446 g/mol. The van der Waals surface area contributed by atoms with Gasteiger partial charge in [-0.05, 0) is 76.3 Å². The highest BCUT2D eigenvalue weighted by Gasteiger charge is 2.44. The third-order valence-electron chi connectivity index (χ3n) is 5.20. The number of anilines is 2. The zero-order chi connectivity index (χ0) is 21.6. The molecule has 2 aliphatic rings. The topological polar surface area (TPSA) is 78.5 Å². The summed E-state index contributed by atoms with van der Waals surface area (Å²) in [4.78, 5) is 42.6. The van der Waals surface area contributed by atoms with Crippen LogP contribution in [0.2, 0.25) is 5.02 Å². The molecule has 0 radical (unpaired) electrons. The van der Waals surface area contributed by atoms with Gasteiger partial charge in [-0.3, -0.25) is 19.3 Å². The number of carbonyl (C=O) groups excluding carboxylic acids is 3. The number of nitrogens with zero attached hydrogens (tertiary/aromatic N) is 1. The van der Waals surface area contributed by atoms with Gasteiger partial charge in [0.05, 0.1) is 5.56 Å². The highest BCUT2D eigenvalue weighted by Crippen LogP contribution is 2.41. The fourth-order valence-corrected chi connectivity index (χ4v) is 5.37. The number of nitrogens with one attached hydrogen (secondary N) is 2. The van der Waals surface area contributed by atoms with Crippen molar-refractivity contribution in [1.29, 1.82) is 0 Å². The van der Waals surface area contributed by atoms with Crippen LogP contribution in [0.1, 0.15) is 54.4 Å². The maximum atomic E-state index is 13.8. The molecule has 1 aromatic carbocycles. The van der Waals surface area contributed by atoms with Crippen molar-refractivity contribution in [3.63, 3.8) is 0 Å². The van der Waals surface area contributed by atoms with Crippen molar-refractivity contribution < 1.29 is 14.4 Å². The predicted octanol–water partition coefficient (Wildman–Crippen LogP) is 4.16. The Morgan fingerprint density at radius 3 is 2.50 bits per heavy atom. The highest BCUT2D eigenvalue weighted by atomic mass is 35.5. The maximum Gasteiger partial charge on any atom is 0.262 e. The lowest BCUT2D eigenvalue weighted by molar-refractivity contribution is -0.129. The smallest absolute Gasteiger partial charge is 0.262 e. The Morgan fingerprint density at radius 2 is 1.83 bits per heavy atom. The Kier molecular flexibility index (Phi) is 5.36. The third-order valence-corrected chi connectivity index (χ3v) is 6.66. The van der Waals surface area contributed by atoms with Gasteiger partial charge >= 0.3 is 0 Å². The number of carbonyl (C=O) groups is 3. The number of hydrogen-bond acceptors (Lipinski definition) is 4. The van der Waals surface area contributed by atoms with Crippen LogP contribution in [0.3, 0.4) is 0 Å². The number of benzene rings is 1. The predicted molar refractivity (Wildman–Crippen MR) is 120 cm³/mol. The molecule has 3 amide bonds. The lowest BCUT2D eigenvalue weighted by Gasteiger charge is -2.31. The van der Waals surface area contributed by atoms with Crippen molar-refractivity contribution in [2.45, 2.75) is 58.0 Å². The summed E-state index contributed by atoms with van der Waals surface area (Å²) >= 11 is 7.48. The fourth-order valence-electron chi connectivity index (χ4n) is 3.96. The van der Waals surface area contributed by atoms with Gasteiger partial charge in [0.2, 0.25) is 0 Å². The van der Waals surface area contributed by atoms with Crippen LogP contribution in [0.25, 0.3) is 0 Å². The lowest BCUT2D eigenvalue weighted by atomic mass is 9.95. The molecule has 2 heterocycles. The minimum absolute atomic E-state index is 0.334. The molecule has 1 aliphatic carbocycles. The van der Waals surface area contributed by atoms with Gasteiger partial charge in [-0.15, -0.1) is 11.3 Å². The van der Waals surface area contributed by atoms with Crippen LogP contribution in [0, 0.1) is 0 Å². The van der Waals surface area contributed by atoms with E-state index >= 15 is 0 Å². The molecule has 0 fully saturated rings. The second-order valence-corrected chi connectivity index (χ2v) is 10.2. The Bertz CT molecular complexity index is 1020. The fraction of sp³-hybridized carbons (Fsp3) is 0.409. The van der Waals surface area contributed by atoms with Crippen LogP contribution < -0.4 is 15.5 Å². The van der Waals surface area contributed by atoms with E-state index in [1.807, 2.05) is 20.8 Å². The standard InChI is InChI=1S/C22H24ClN3O3S/c1-22(2,3)25-19(28)17-18(27)24-20-16(14-6-4-5-7-15(14)30-20)21(29)26(17)13-10-8-12(23)9-11-13/h8-11,17H,4-7H2,1-3H3,(H,24,27)(H,25,28). The van der Waals surface area contributed by atoms with E-state index in [0.717, 1.165) is 36.1 Å². The summed E-state index contributed by atoms with van der Waals surface area (Å²) in [6, 6.07) is 5.30. The van der Waals surface area contributed by atoms with Crippen molar-refractivity contribution in [2.24, 2.45) is 0 Å². The molecule has 30 heavy (non-hydrogen) atoms. The first kappa shape index (κ1) is 20.9. The van der Waals surface area contributed by atoms with Gasteiger partial charge < -0.3 is 10.6 Å². The van der Waals surface area contributed by atoms with Crippen LogP contribution in [0.15, 0.2) is 24.3 Å². The van der Waals surface area contributed by atoms with Crippen LogP contribution >= 0.6 is 22.9 Å². The minimum atomic E-state index is -1.32. The average Bonchev–Trinajstić information content (AvgIpc) is 2.97. The van der Waals surface area contributed by atoms with Gasteiger partial charge in [0, 0.05) is 21.1 Å². The number of rotatable bonds is 2. The summed E-state index contributed by atoms with van der Waals surface area (Å²) in [7, 11) is 0. The summed E-state index contributed by atoms with van der Waals surface area (Å²) < 4.78 is 0. The van der Waals surface area contributed by atoms with Crippen molar-refractivity contribution in [3.8, 4) is 0 Å². The molecule has 0 saturated heterocycles. The Balaban J connectivity index is 1.85.